The Bertz CT molecular complexity index is 3160. The van der Waals surface area contributed by atoms with Crippen LogP contribution in [0.5, 0.6) is 0 Å². The molecule has 0 saturated carbocycles. The third-order valence-corrected chi connectivity index (χ3v) is 11.9. The van der Waals surface area contributed by atoms with E-state index in [0.29, 0.717) is 11.4 Å². The highest BCUT2D eigenvalue weighted by atomic mass is 19.1. The number of rotatable bonds is 6. The summed E-state index contributed by atoms with van der Waals surface area (Å²) in [6, 6.07) is 72.1. The van der Waals surface area contributed by atoms with Gasteiger partial charge in [-0.15, -0.1) is 0 Å². The average molecular weight is 781 g/mol. The molecule has 0 spiro atoms. The highest BCUT2D eigenvalue weighted by Crippen LogP contribution is 2.42. The maximum atomic E-state index is 17.5. The Kier molecular flexibility index (Phi) is 8.41. The first-order valence-corrected chi connectivity index (χ1v) is 20.2. The van der Waals surface area contributed by atoms with Crippen molar-refractivity contribution in [2.75, 3.05) is 0 Å². The third-order valence-electron chi connectivity index (χ3n) is 11.9. The van der Waals surface area contributed by atoms with Crippen molar-refractivity contribution in [2.45, 2.75) is 0 Å². The van der Waals surface area contributed by atoms with E-state index in [1.165, 1.54) is 0 Å². The van der Waals surface area contributed by atoms with Gasteiger partial charge in [0, 0.05) is 21.5 Å². The molecule has 0 unspecified atom stereocenters. The molecule has 0 atom stereocenters. The Hall–Kier alpha value is -8.51. The monoisotopic (exact) mass is 780 g/mol. The van der Waals surface area contributed by atoms with Crippen molar-refractivity contribution >= 4 is 43.6 Å². The van der Waals surface area contributed by atoms with E-state index in [0.717, 1.165) is 88.1 Å². The first-order chi connectivity index (χ1) is 30.1. The van der Waals surface area contributed by atoms with E-state index in [1.54, 1.807) is 0 Å². The molecule has 2 heterocycles. The minimum absolute atomic E-state index is 0.204. The van der Waals surface area contributed by atoms with Gasteiger partial charge in [0.1, 0.15) is 23.3 Å². The highest BCUT2D eigenvalue weighted by molar-refractivity contribution is 6.13. The highest BCUT2D eigenvalue weighted by Gasteiger charge is 2.26. The lowest BCUT2D eigenvalue weighted by Gasteiger charge is -2.18. The van der Waals surface area contributed by atoms with Crippen LogP contribution in [0.1, 0.15) is 11.1 Å². The molecule has 0 bridgehead atoms. The van der Waals surface area contributed by atoms with Gasteiger partial charge < -0.3 is 9.13 Å². The lowest BCUT2D eigenvalue weighted by atomic mass is 10.0. The molecule has 0 aliphatic heterocycles. The van der Waals surface area contributed by atoms with Crippen LogP contribution < -0.4 is 0 Å². The van der Waals surface area contributed by atoms with E-state index in [2.05, 4.69) is 133 Å². The van der Waals surface area contributed by atoms with Gasteiger partial charge >= 0.3 is 0 Å². The van der Waals surface area contributed by atoms with Gasteiger partial charge in [-0.3, -0.25) is 0 Å². The second kappa shape index (κ2) is 14.4. The standard InChI is InChI=1S/C56H33FN4/c57-56-48(34-58)54(60-50-29-40(36-13-5-1-6-14-36)21-25-44(50)45-26-22-41(30-51(45)60)37-15-7-2-8-16-37)33-55(49(56)35-59)61-52-31-42(38-17-9-3-10-18-38)23-27-46(52)47-28-24-43(32-53(47)61)39-19-11-4-12-20-39/h1-33H. The molecular formula is C56H33FN4. The van der Waals surface area contributed by atoms with Crippen LogP contribution in [0.25, 0.3) is 99.5 Å². The maximum Gasteiger partial charge on any atom is 0.162 e. The Morgan fingerprint density at radius 1 is 0.311 bits per heavy atom. The van der Waals surface area contributed by atoms with Crippen LogP contribution in [0, 0.1) is 28.5 Å². The molecule has 9 aromatic carbocycles. The molecule has 61 heavy (non-hydrogen) atoms. The fourth-order valence-electron chi connectivity index (χ4n) is 8.99. The van der Waals surface area contributed by atoms with Gasteiger partial charge in [0.25, 0.3) is 0 Å². The van der Waals surface area contributed by atoms with Crippen molar-refractivity contribution in [1.29, 1.82) is 10.5 Å². The van der Waals surface area contributed by atoms with E-state index < -0.39 is 5.82 Å². The quantitative estimate of drug-likeness (QED) is 0.169. The fraction of sp³-hybridized carbons (Fsp3) is 0. The second-order valence-corrected chi connectivity index (χ2v) is 15.3. The topological polar surface area (TPSA) is 57.4 Å². The number of aromatic nitrogens is 2. The lowest BCUT2D eigenvalue weighted by molar-refractivity contribution is 0.618. The van der Waals surface area contributed by atoms with Gasteiger partial charge in [0.2, 0.25) is 0 Å². The van der Waals surface area contributed by atoms with Crippen molar-refractivity contribution in [3.8, 4) is 68.0 Å². The second-order valence-electron chi connectivity index (χ2n) is 15.3. The summed E-state index contributed by atoms with van der Waals surface area (Å²) in [5.74, 6) is -0.862. The molecule has 11 aromatic rings. The Morgan fingerprint density at radius 3 is 0.820 bits per heavy atom. The molecule has 5 heteroatoms. The number of hydrogen-bond donors (Lipinski definition) is 0. The van der Waals surface area contributed by atoms with Crippen LogP contribution in [0.3, 0.4) is 0 Å². The van der Waals surface area contributed by atoms with Crippen LogP contribution in [0.4, 0.5) is 4.39 Å². The Balaban J connectivity index is 1.27. The maximum absolute atomic E-state index is 17.5. The van der Waals surface area contributed by atoms with E-state index in [9.17, 15) is 10.5 Å². The van der Waals surface area contributed by atoms with E-state index >= 15 is 4.39 Å². The number of hydrogen-bond acceptors (Lipinski definition) is 2. The van der Waals surface area contributed by atoms with Gasteiger partial charge in [-0.05, 0) is 74.8 Å². The number of halogens is 1. The molecule has 284 valence electrons. The first kappa shape index (κ1) is 35.6. The van der Waals surface area contributed by atoms with Gasteiger partial charge in [-0.1, -0.05) is 170 Å². The smallest absolute Gasteiger partial charge is 0.162 e. The van der Waals surface area contributed by atoms with Crippen molar-refractivity contribution in [3.63, 3.8) is 0 Å². The summed E-state index contributed by atoms with van der Waals surface area (Å²) in [6.07, 6.45) is 0. The zero-order chi connectivity index (χ0) is 41.0. The third kappa shape index (κ3) is 5.80. The van der Waals surface area contributed by atoms with Gasteiger partial charge in [0.15, 0.2) is 5.82 Å². The predicted molar refractivity (Wildman–Crippen MR) is 246 cm³/mol. The summed E-state index contributed by atoms with van der Waals surface area (Å²) in [5, 5.41) is 25.6. The summed E-state index contributed by atoms with van der Waals surface area (Å²) >= 11 is 0. The first-order valence-electron chi connectivity index (χ1n) is 20.2. The lowest BCUT2D eigenvalue weighted by Crippen LogP contribution is -2.08. The van der Waals surface area contributed by atoms with E-state index in [1.807, 2.05) is 88.0 Å². The summed E-state index contributed by atoms with van der Waals surface area (Å²) in [5.41, 5.74) is 11.6. The normalized spacial score (nSPS) is 11.3. The van der Waals surface area contributed by atoms with Crippen LogP contribution in [0.15, 0.2) is 200 Å². The van der Waals surface area contributed by atoms with Crippen LogP contribution >= 0.6 is 0 Å². The molecule has 0 amide bonds. The largest absolute Gasteiger partial charge is 0.308 e. The van der Waals surface area contributed by atoms with E-state index in [-0.39, 0.29) is 11.1 Å². The molecule has 2 aromatic heterocycles. The summed E-state index contributed by atoms with van der Waals surface area (Å²) in [7, 11) is 0. The van der Waals surface area contributed by atoms with Crippen molar-refractivity contribution in [1.82, 2.24) is 9.13 Å². The molecule has 11 rings (SSSR count). The number of fused-ring (bicyclic) bond motifs is 6. The SMILES string of the molecule is N#Cc1c(-n2c3cc(-c4ccccc4)ccc3c3ccc(-c4ccccc4)cc32)cc(-n2c3cc(-c4ccccc4)ccc3c3ccc(-c4ccccc4)cc32)c(C#N)c1F. The van der Waals surface area contributed by atoms with Crippen molar-refractivity contribution in [2.24, 2.45) is 0 Å². The van der Waals surface area contributed by atoms with Gasteiger partial charge in [-0.2, -0.15) is 10.5 Å². The molecular weight excluding hydrogens is 748 g/mol. The molecule has 0 fully saturated rings. The Morgan fingerprint density at radius 2 is 0.574 bits per heavy atom. The molecule has 0 N–H and O–H groups in total. The summed E-state index contributed by atoms with van der Waals surface area (Å²) < 4.78 is 21.5. The molecule has 0 saturated heterocycles. The summed E-state index contributed by atoms with van der Waals surface area (Å²) in [6.45, 7) is 0. The zero-order valence-electron chi connectivity index (χ0n) is 32.7. The fourth-order valence-corrected chi connectivity index (χ4v) is 8.99. The average Bonchev–Trinajstić information content (AvgIpc) is 3.83. The molecule has 4 nitrogen and oxygen atoms in total. The van der Waals surface area contributed by atoms with Gasteiger partial charge in [0.05, 0.1) is 33.4 Å². The van der Waals surface area contributed by atoms with Gasteiger partial charge in [-0.25, -0.2) is 4.39 Å². The minimum Gasteiger partial charge on any atom is -0.308 e. The van der Waals surface area contributed by atoms with E-state index in [4.69, 9.17) is 0 Å². The Labute approximate surface area is 351 Å². The molecule has 0 aliphatic carbocycles. The molecule has 0 aliphatic rings. The predicted octanol–water partition coefficient (Wildman–Crippen LogP) is 14.4. The minimum atomic E-state index is -0.862. The number of nitriles is 2. The van der Waals surface area contributed by atoms with Crippen molar-refractivity contribution in [3.05, 3.63) is 217 Å². The van der Waals surface area contributed by atoms with Crippen LogP contribution in [0.2, 0.25) is 0 Å². The number of benzene rings is 9. The summed E-state index contributed by atoms with van der Waals surface area (Å²) in [4.78, 5) is 0. The van der Waals surface area contributed by atoms with Crippen LogP contribution in [-0.2, 0) is 0 Å². The zero-order valence-corrected chi connectivity index (χ0v) is 32.7. The molecule has 0 radical (unpaired) electrons. The number of nitrogens with zero attached hydrogens (tertiary/aromatic N) is 4. The van der Waals surface area contributed by atoms with Crippen molar-refractivity contribution < 1.29 is 4.39 Å². The van der Waals surface area contributed by atoms with Crippen LogP contribution in [-0.4, -0.2) is 9.13 Å².